The fraction of sp³-hybridized carbons (Fsp3) is 0.176. The number of rotatable bonds is 2. The third-order valence-corrected chi connectivity index (χ3v) is 4.03. The predicted octanol–water partition coefficient (Wildman–Crippen LogP) is 2.40. The Bertz CT molecular complexity index is 1100. The molecule has 0 aliphatic carbocycles. The molecule has 0 aliphatic rings. The van der Waals surface area contributed by atoms with Crippen LogP contribution in [0, 0.1) is 20.8 Å². The molecule has 1 aromatic carbocycles. The molecule has 0 saturated heterocycles. The Hall–Kier alpha value is -3.22. The van der Waals surface area contributed by atoms with Gasteiger partial charge < -0.3 is 0 Å². The second kappa shape index (κ2) is 5.16. The third kappa shape index (κ3) is 2.05. The second-order valence-corrected chi connectivity index (χ2v) is 5.76. The van der Waals surface area contributed by atoms with Gasteiger partial charge in [0.25, 0.3) is 5.56 Å². The number of hydrogen-bond acceptors (Lipinski definition) is 4. The van der Waals surface area contributed by atoms with E-state index >= 15 is 0 Å². The lowest BCUT2D eigenvalue weighted by molar-refractivity contribution is 0.873. The number of nitrogens with zero attached hydrogens (tertiary/aromatic N) is 4. The Labute approximate surface area is 137 Å². The zero-order chi connectivity index (χ0) is 16.8. The van der Waals surface area contributed by atoms with Gasteiger partial charge in [-0.3, -0.25) is 15.0 Å². The zero-order valence-corrected chi connectivity index (χ0v) is 13.6. The highest BCUT2D eigenvalue weighted by Gasteiger charge is 2.20. The first-order valence-electron chi connectivity index (χ1n) is 7.63. The van der Waals surface area contributed by atoms with Gasteiger partial charge in [-0.1, -0.05) is 30.3 Å². The largest absolute Gasteiger partial charge is 0.293 e. The summed E-state index contributed by atoms with van der Waals surface area (Å²) in [6, 6.07) is 9.90. The average Bonchev–Trinajstić information content (AvgIpc) is 3.12. The first-order valence-corrected chi connectivity index (χ1v) is 7.63. The summed E-state index contributed by atoms with van der Waals surface area (Å²) in [5, 5.41) is 9.98. The maximum absolute atomic E-state index is 13.0. The number of H-pyrrole nitrogens is 2. The van der Waals surface area contributed by atoms with Gasteiger partial charge in [0, 0.05) is 11.3 Å². The Morgan fingerprint density at radius 3 is 2.42 bits per heavy atom. The van der Waals surface area contributed by atoms with E-state index in [-0.39, 0.29) is 5.56 Å². The molecule has 3 heterocycles. The quantitative estimate of drug-likeness (QED) is 0.593. The molecule has 7 heteroatoms. The van der Waals surface area contributed by atoms with Gasteiger partial charge in [-0.15, -0.1) is 0 Å². The Kier molecular flexibility index (Phi) is 3.09. The minimum Gasteiger partial charge on any atom is -0.293 e. The van der Waals surface area contributed by atoms with Crippen molar-refractivity contribution in [1.82, 2.24) is 29.8 Å². The maximum Gasteiger partial charge on any atom is 0.284 e. The van der Waals surface area contributed by atoms with E-state index in [0.717, 1.165) is 16.8 Å². The minimum atomic E-state index is -0.207. The lowest BCUT2D eigenvalue weighted by Gasteiger charge is -2.03. The molecule has 0 atom stereocenters. The van der Waals surface area contributed by atoms with E-state index in [4.69, 9.17) is 0 Å². The Balaban J connectivity index is 2.05. The van der Waals surface area contributed by atoms with Crippen molar-refractivity contribution in [2.24, 2.45) is 0 Å². The van der Waals surface area contributed by atoms with Crippen molar-refractivity contribution in [2.75, 3.05) is 0 Å². The summed E-state index contributed by atoms with van der Waals surface area (Å²) in [6.45, 7) is 5.53. The van der Waals surface area contributed by atoms with E-state index in [1.165, 1.54) is 4.52 Å². The van der Waals surface area contributed by atoms with E-state index in [1.54, 1.807) is 13.8 Å². The fourth-order valence-corrected chi connectivity index (χ4v) is 2.95. The number of fused-ring (bicyclic) bond motifs is 1. The van der Waals surface area contributed by atoms with Crippen molar-refractivity contribution in [2.45, 2.75) is 20.8 Å². The van der Waals surface area contributed by atoms with E-state index in [0.29, 0.717) is 28.6 Å². The molecule has 0 aliphatic heterocycles. The summed E-state index contributed by atoms with van der Waals surface area (Å²) >= 11 is 0. The Morgan fingerprint density at radius 1 is 1.00 bits per heavy atom. The number of aromatic amines is 2. The molecule has 4 rings (SSSR count). The molecule has 0 amide bonds. The molecule has 0 fully saturated rings. The fourth-order valence-electron chi connectivity index (χ4n) is 2.95. The van der Waals surface area contributed by atoms with Gasteiger partial charge in [-0.2, -0.15) is 5.10 Å². The lowest BCUT2D eigenvalue weighted by atomic mass is 10.1. The monoisotopic (exact) mass is 320 g/mol. The van der Waals surface area contributed by atoms with Gasteiger partial charge >= 0.3 is 0 Å². The van der Waals surface area contributed by atoms with Crippen LogP contribution in [0.4, 0.5) is 0 Å². The van der Waals surface area contributed by atoms with Gasteiger partial charge in [-0.25, -0.2) is 14.5 Å². The van der Waals surface area contributed by atoms with Crippen LogP contribution < -0.4 is 5.56 Å². The number of aromatic nitrogens is 6. The van der Waals surface area contributed by atoms with Crippen molar-refractivity contribution in [3.63, 3.8) is 0 Å². The van der Waals surface area contributed by atoms with Crippen LogP contribution in [0.2, 0.25) is 0 Å². The van der Waals surface area contributed by atoms with Crippen molar-refractivity contribution < 1.29 is 0 Å². The summed E-state index contributed by atoms with van der Waals surface area (Å²) in [4.78, 5) is 21.9. The summed E-state index contributed by atoms with van der Waals surface area (Å²) in [7, 11) is 0. The SMILES string of the molecule is Cc1nc(-c2c(C)nc3c(-c4ccccc4)c(C)[nH]n3c2=O)n[nH]1. The molecule has 4 aromatic rings. The number of benzene rings is 1. The van der Waals surface area contributed by atoms with E-state index in [9.17, 15) is 4.79 Å². The highest BCUT2D eigenvalue weighted by molar-refractivity contribution is 5.80. The molecule has 2 N–H and O–H groups in total. The van der Waals surface area contributed by atoms with E-state index in [2.05, 4.69) is 25.3 Å². The van der Waals surface area contributed by atoms with Crippen LogP contribution in [0.5, 0.6) is 0 Å². The van der Waals surface area contributed by atoms with Crippen LogP contribution >= 0.6 is 0 Å². The summed E-state index contributed by atoms with van der Waals surface area (Å²) in [5.41, 5.74) is 4.23. The van der Waals surface area contributed by atoms with Crippen molar-refractivity contribution in [1.29, 1.82) is 0 Å². The zero-order valence-electron chi connectivity index (χ0n) is 13.6. The highest BCUT2D eigenvalue weighted by atomic mass is 16.1. The molecule has 24 heavy (non-hydrogen) atoms. The smallest absolute Gasteiger partial charge is 0.284 e. The standard InChI is InChI=1S/C17H16N6O/c1-9-14(15-19-11(3)20-21-15)17(24)23-16(18-9)13(10(2)22-23)12-7-5-4-6-8-12/h4-8,22H,1-3H3,(H,19,20,21). The molecule has 7 nitrogen and oxygen atoms in total. The average molecular weight is 320 g/mol. The predicted molar refractivity (Wildman–Crippen MR) is 90.8 cm³/mol. The van der Waals surface area contributed by atoms with Crippen LogP contribution in [0.15, 0.2) is 35.1 Å². The van der Waals surface area contributed by atoms with Crippen LogP contribution in [-0.4, -0.2) is 29.8 Å². The highest BCUT2D eigenvalue weighted by Crippen LogP contribution is 2.27. The van der Waals surface area contributed by atoms with Gasteiger partial charge in [0.1, 0.15) is 11.4 Å². The molecule has 0 bridgehead atoms. The van der Waals surface area contributed by atoms with Crippen molar-refractivity contribution in [3.8, 4) is 22.5 Å². The minimum absolute atomic E-state index is 0.207. The molecular formula is C17H16N6O. The van der Waals surface area contributed by atoms with Crippen molar-refractivity contribution >= 4 is 5.65 Å². The normalized spacial score (nSPS) is 11.3. The van der Waals surface area contributed by atoms with E-state index < -0.39 is 0 Å². The lowest BCUT2D eigenvalue weighted by Crippen LogP contribution is -2.19. The van der Waals surface area contributed by atoms with Gasteiger partial charge in [-0.05, 0) is 26.3 Å². The molecule has 0 unspecified atom stereocenters. The molecule has 0 spiro atoms. The summed E-state index contributed by atoms with van der Waals surface area (Å²) < 4.78 is 1.46. The molecular weight excluding hydrogens is 304 g/mol. The number of hydrogen-bond donors (Lipinski definition) is 2. The first kappa shape index (κ1) is 14.4. The molecule has 3 aromatic heterocycles. The van der Waals surface area contributed by atoms with E-state index in [1.807, 2.05) is 37.3 Å². The van der Waals surface area contributed by atoms with Crippen LogP contribution in [-0.2, 0) is 0 Å². The molecule has 0 saturated carbocycles. The summed E-state index contributed by atoms with van der Waals surface area (Å²) in [6.07, 6.45) is 0. The third-order valence-electron chi connectivity index (χ3n) is 4.03. The number of aryl methyl sites for hydroxylation is 3. The van der Waals surface area contributed by atoms with Crippen LogP contribution in [0.1, 0.15) is 17.2 Å². The van der Waals surface area contributed by atoms with Crippen LogP contribution in [0.25, 0.3) is 28.2 Å². The van der Waals surface area contributed by atoms with Gasteiger partial charge in [0.05, 0.1) is 5.69 Å². The Morgan fingerprint density at radius 2 is 1.75 bits per heavy atom. The molecule has 120 valence electrons. The first-order chi connectivity index (χ1) is 11.6. The topological polar surface area (TPSA) is 91.7 Å². The van der Waals surface area contributed by atoms with Gasteiger partial charge in [0.15, 0.2) is 11.5 Å². The van der Waals surface area contributed by atoms with Crippen LogP contribution in [0.3, 0.4) is 0 Å². The maximum atomic E-state index is 13.0. The van der Waals surface area contributed by atoms with Gasteiger partial charge in [0.2, 0.25) is 0 Å². The number of nitrogens with one attached hydrogen (secondary N) is 2. The van der Waals surface area contributed by atoms with Crippen molar-refractivity contribution in [3.05, 3.63) is 57.9 Å². The summed E-state index contributed by atoms with van der Waals surface area (Å²) in [5.74, 6) is 1.02. The second-order valence-electron chi connectivity index (χ2n) is 5.76. The molecule has 0 radical (unpaired) electrons.